The Labute approximate surface area is 105 Å². The van der Waals surface area contributed by atoms with Gasteiger partial charge in [-0.05, 0) is 24.1 Å². The molecule has 0 atom stereocenters. The van der Waals surface area contributed by atoms with Crippen LogP contribution in [0.2, 0.25) is 0 Å². The van der Waals surface area contributed by atoms with E-state index in [4.69, 9.17) is 0 Å². The number of hydrogen-bond donors (Lipinski definition) is 0. The van der Waals surface area contributed by atoms with Gasteiger partial charge in [0.1, 0.15) is 5.82 Å². The van der Waals surface area contributed by atoms with E-state index in [1.807, 2.05) is 18.2 Å². The van der Waals surface area contributed by atoms with Crippen molar-refractivity contribution in [2.24, 2.45) is 0 Å². The average molecular weight is 246 g/mol. The zero-order valence-corrected chi connectivity index (χ0v) is 10.4. The number of pyridine rings is 2. The van der Waals surface area contributed by atoms with Crippen molar-refractivity contribution in [2.75, 3.05) is 0 Å². The minimum absolute atomic E-state index is 0.229. The number of halogens is 1. The lowest BCUT2D eigenvalue weighted by molar-refractivity contribution is 0.593. The van der Waals surface area contributed by atoms with E-state index in [2.05, 4.69) is 18.8 Å². The molecule has 0 saturated heterocycles. The van der Waals surface area contributed by atoms with Gasteiger partial charge in [0.2, 0.25) is 0 Å². The molecule has 2 heterocycles. The van der Waals surface area contributed by atoms with E-state index in [1.165, 1.54) is 16.8 Å². The lowest BCUT2D eigenvalue weighted by Gasteiger charge is -2.08. The van der Waals surface area contributed by atoms with E-state index in [0.717, 1.165) is 17.5 Å². The normalized spacial score (nSPS) is 10.9. The molecule has 3 nitrogen and oxygen atoms in total. The minimum Gasteiger partial charge on any atom is -0.307 e. The second-order valence-electron chi connectivity index (χ2n) is 4.52. The third-order valence-corrected chi connectivity index (χ3v) is 2.70. The lowest BCUT2D eigenvalue weighted by atomic mass is 10.1. The SMILES string of the molecule is CC(C)c1cccc(Cn2cc(F)ccc2=O)n1. The molecule has 0 saturated carbocycles. The van der Waals surface area contributed by atoms with E-state index < -0.39 is 5.82 Å². The summed E-state index contributed by atoms with van der Waals surface area (Å²) in [6.45, 7) is 4.40. The van der Waals surface area contributed by atoms with Gasteiger partial charge in [-0.1, -0.05) is 19.9 Å². The van der Waals surface area contributed by atoms with Gasteiger partial charge in [0.25, 0.3) is 5.56 Å². The molecule has 18 heavy (non-hydrogen) atoms. The predicted molar refractivity (Wildman–Crippen MR) is 68.1 cm³/mol. The Kier molecular flexibility index (Phi) is 3.55. The van der Waals surface area contributed by atoms with Crippen LogP contribution in [0, 0.1) is 5.82 Å². The fraction of sp³-hybridized carbons (Fsp3) is 0.286. The Morgan fingerprint density at radius 3 is 2.78 bits per heavy atom. The van der Waals surface area contributed by atoms with E-state index in [-0.39, 0.29) is 12.1 Å². The average Bonchev–Trinajstić information content (AvgIpc) is 2.34. The molecule has 2 rings (SSSR count). The first kappa shape index (κ1) is 12.5. The summed E-state index contributed by atoms with van der Waals surface area (Å²) in [5.41, 5.74) is 1.50. The van der Waals surface area contributed by atoms with Crippen LogP contribution in [0.1, 0.15) is 31.2 Å². The monoisotopic (exact) mass is 246 g/mol. The third kappa shape index (κ3) is 2.83. The quantitative estimate of drug-likeness (QED) is 0.834. The van der Waals surface area contributed by atoms with Crippen molar-refractivity contribution in [3.63, 3.8) is 0 Å². The zero-order valence-electron chi connectivity index (χ0n) is 10.4. The Bertz CT molecular complexity index is 605. The highest BCUT2D eigenvalue weighted by atomic mass is 19.1. The Balaban J connectivity index is 2.31. The fourth-order valence-electron chi connectivity index (χ4n) is 1.71. The molecule has 4 heteroatoms. The molecule has 0 aliphatic heterocycles. The smallest absolute Gasteiger partial charge is 0.251 e. The number of hydrogen-bond acceptors (Lipinski definition) is 2. The number of aromatic nitrogens is 2. The van der Waals surface area contributed by atoms with Crippen LogP contribution in [-0.4, -0.2) is 9.55 Å². The van der Waals surface area contributed by atoms with Gasteiger partial charge in [-0.25, -0.2) is 4.39 Å². The molecule has 0 radical (unpaired) electrons. The van der Waals surface area contributed by atoms with Crippen LogP contribution in [0.4, 0.5) is 4.39 Å². The maximum absolute atomic E-state index is 13.1. The molecule has 0 aliphatic carbocycles. The first-order valence-corrected chi connectivity index (χ1v) is 5.88. The van der Waals surface area contributed by atoms with Gasteiger partial charge in [-0.3, -0.25) is 9.78 Å². The van der Waals surface area contributed by atoms with Crippen molar-refractivity contribution < 1.29 is 4.39 Å². The predicted octanol–water partition coefficient (Wildman–Crippen LogP) is 2.55. The zero-order chi connectivity index (χ0) is 13.1. The minimum atomic E-state index is -0.422. The molecule has 0 fully saturated rings. The fourth-order valence-corrected chi connectivity index (χ4v) is 1.71. The van der Waals surface area contributed by atoms with Crippen LogP contribution in [0.15, 0.2) is 41.3 Å². The van der Waals surface area contributed by atoms with Crippen molar-refractivity contribution in [3.05, 3.63) is 64.1 Å². The summed E-state index contributed by atoms with van der Waals surface area (Å²) < 4.78 is 14.4. The standard InChI is InChI=1S/C14H15FN2O/c1-10(2)13-5-3-4-12(16-13)9-17-8-11(15)6-7-14(17)18/h3-8,10H,9H2,1-2H3. The van der Waals surface area contributed by atoms with Gasteiger partial charge < -0.3 is 4.57 Å². The summed E-state index contributed by atoms with van der Waals surface area (Å²) in [4.78, 5) is 16.0. The third-order valence-electron chi connectivity index (χ3n) is 2.70. The topological polar surface area (TPSA) is 34.9 Å². The molecular weight excluding hydrogens is 231 g/mol. The van der Waals surface area contributed by atoms with Gasteiger partial charge in [-0.15, -0.1) is 0 Å². The summed E-state index contributed by atoms with van der Waals surface area (Å²) in [5, 5.41) is 0. The molecule has 0 bridgehead atoms. The highest BCUT2D eigenvalue weighted by Gasteiger charge is 2.04. The first-order valence-electron chi connectivity index (χ1n) is 5.88. The Morgan fingerprint density at radius 2 is 2.06 bits per heavy atom. The van der Waals surface area contributed by atoms with Crippen LogP contribution in [0.5, 0.6) is 0 Å². The van der Waals surface area contributed by atoms with E-state index in [9.17, 15) is 9.18 Å². The van der Waals surface area contributed by atoms with Crippen LogP contribution < -0.4 is 5.56 Å². The molecular formula is C14H15FN2O. The summed E-state index contributed by atoms with van der Waals surface area (Å²) in [5.74, 6) is -0.0937. The number of nitrogens with zero attached hydrogens (tertiary/aromatic N) is 2. The molecule has 0 N–H and O–H groups in total. The lowest BCUT2D eigenvalue weighted by Crippen LogP contribution is -2.20. The molecule has 0 spiro atoms. The van der Waals surface area contributed by atoms with E-state index >= 15 is 0 Å². The van der Waals surface area contributed by atoms with Crippen molar-refractivity contribution >= 4 is 0 Å². The van der Waals surface area contributed by atoms with Crippen LogP contribution >= 0.6 is 0 Å². The molecule has 0 unspecified atom stereocenters. The van der Waals surface area contributed by atoms with Crippen LogP contribution in [0.25, 0.3) is 0 Å². The molecule has 94 valence electrons. The van der Waals surface area contributed by atoms with E-state index in [0.29, 0.717) is 5.92 Å². The maximum atomic E-state index is 13.1. The van der Waals surface area contributed by atoms with Gasteiger partial charge >= 0.3 is 0 Å². The van der Waals surface area contributed by atoms with Crippen LogP contribution in [-0.2, 0) is 6.54 Å². The Hall–Kier alpha value is -1.97. The highest BCUT2D eigenvalue weighted by molar-refractivity contribution is 5.14. The van der Waals surface area contributed by atoms with Gasteiger partial charge in [-0.2, -0.15) is 0 Å². The van der Waals surface area contributed by atoms with Gasteiger partial charge in [0.15, 0.2) is 0 Å². The summed E-state index contributed by atoms with van der Waals surface area (Å²) in [6, 6.07) is 8.08. The van der Waals surface area contributed by atoms with Crippen molar-refractivity contribution in [1.29, 1.82) is 0 Å². The van der Waals surface area contributed by atoms with E-state index in [1.54, 1.807) is 0 Å². The molecule has 2 aromatic heterocycles. The summed E-state index contributed by atoms with van der Waals surface area (Å²) in [6.07, 6.45) is 1.20. The second kappa shape index (κ2) is 5.12. The number of rotatable bonds is 3. The van der Waals surface area contributed by atoms with Crippen molar-refractivity contribution in [3.8, 4) is 0 Å². The molecule has 0 aromatic carbocycles. The van der Waals surface area contributed by atoms with Gasteiger partial charge in [0.05, 0.1) is 12.2 Å². The molecule has 2 aromatic rings. The first-order chi connectivity index (χ1) is 8.56. The summed E-state index contributed by atoms with van der Waals surface area (Å²) in [7, 11) is 0. The molecule has 0 aliphatic rings. The second-order valence-corrected chi connectivity index (χ2v) is 4.52. The van der Waals surface area contributed by atoms with Crippen LogP contribution in [0.3, 0.4) is 0 Å². The highest BCUT2D eigenvalue weighted by Crippen LogP contribution is 2.11. The largest absolute Gasteiger partial charge is 0.307 e. The molecule has 0 amide bonds. The Morgan fingerprint density at radius 1 is 1.28 bits per heavy atom. The maximum Gasteiger partial charge on any atom is 0.251 e. The van der Waals surface area contributed by atoms with Gasteiger partial charge in [0, 0.05) is 18.0 Å². The van der Waals surface area contributed by atoms with Crippen molar-refractivity contribution in [1.82, 2.24) is 9.55 Å². The summed E-state index contributed by atoms with van der Waals surface area (Å²) >= 11 is 0. The van der Waals surface area contributed by atoms with Crippen molar-refractivity contribution in [2.45, 2.75) is 26.3 Å².